The van der Waals surface area contributed by atoms with E-state index in [1.165, 1.54) is 23.6 Å². The van der Waals surface area contributed by atoms with Crippen molar-refractivity contribution in [2.75, 3.05) is 13.2 Å². The minimum atomic E-state index is -0.256. The van der Waals surface area contributed by atoms with Crippen LogP contribution in [0.3, 0.4) is 0 Å². The van der Waals surface area contributed by atoms with Gasteiger partial charge in [0.25, 0.3) is 0 Å². The molecule has 3 heteroatoms. The van der Waals surface area contributed by atoms with E-state index in [1.807, 2.05) is 6.08 Å². The monoisotopic (exact) mass is 305 g/mol. The molecule has 0 fully saturated rings. The molecule has 0 aliphatic rings. The first-order valence-corrected chi connectivity index (χ1v) is 7.99. The number of nitrogens with zero attached hydrogens (tertiary/aromatic N) is 1. The fourth-order valence-electron chi connectivity index (χ4n) is 1.82. The van der Waals surface area contributed by atoms with Crippen molar-refractivity contribution >= 4 is 12.2 Å². The van der Waals surface area contributed by atoms with Gasteiger partial charge >= 0.3 is 5.97 Å². The minimum Gasteiger partial charge on any atom is -0.464 e. The first-order valence-electron chi connectivity index (χ1n) is 7.99. The Morgan fingerprint density at radius 3 is 2.23 bits per heavy atom. The van der Waals surface area contributed by atoms with Gasteiger partial charge in [-0.15, -0.1) is 0 Å². The highest BCUT2D eigenvalue weighted by Gasteiger charge is 1.92. The van der Waals surface area contributed by atoms with Crippen molar-refractivity contribution in [3.63, 3.8) is 0 Å². The second kappa shape index (κ2) is 13.1. The van der Waals surface area contributed by atoms with Crippen molar-refractivity contribution in [2.45, 2.75) is 60.3 Å². The van der Waals surface area contributed by atoms with Crippen molar-refractivity contribution in [3.8, 4) is 0 Å². The lowest BCUT2D eigenvalue weighted by atomic mass is 10.1. The summed E-state index contributed by atoms with van der Waals surface area (Å²) in [6, 6.07) is 0. The molecule has 0 N–H and O–H groups in total. The summed E-state index contributed by atoms with van der Waals surface area (Å²) >= 11 is 0. The van der Waals surface area contributed by atoms with Crippen molar-refractivity contribution in [2.24, 2.45) is 4.99 Å². The van der Waals surface area contributed by atoms with E-state index >= 15 is 0 Å². The highest BCUT2D eigenvalue weighted by molar-refractivity contribution is 5.72. The molecule has 0 saturated carbocycles. The third-order valence-corrected chi connectivity index (χ3v) is 3.11. The lowest BCUT2D eigenvalue weighted by Gasteiger charge is -2.00. The van der Waals surface area contributed by atoms with Crippen LogP contribution in [0.2, 0.25) is 0 Å². The first kappa shape index (κ1) is 20.4. The topological polar surface area (TPSA) is 38.7 Å². The Balaban J connectivity index is 3.88. The normalized spacial score (nSPS) is 12.6. The smallest absolute Gasteiger partial charge is 0.302 e. The van der Waals surface area contributed by atoms with Crippen LogP contribution in [0.15, 0.2) is 39.9 Å². The second-order valence-electron chi connectivity index (χ2n) is 5.82. The van der Waals surface area contributed by atoms with Gasteiger partial charge in [-0.2, -0.15) is 0 Å². The zero-order valence-corrected chi connectivity index (χ0v) is 14.8. The zero-order valence-electron chi connectivity index (χ0n) is 14.8. The van der Waals surface area contributed by atoms with Gasteiger partial charge in [-0.3, -0.25) is 9.79 Å². The molecule has 0 aromatic rings. The maximum atomic E-state index is 10.6. The molecule has 0 amide bonds. The van der Waals surface area contributed by atoms with Gasteiger partial charge in [0.15, 0.2) is 0 Å². The second-order valence-corrected chi connectivity index (χ2v) is 5.82. The average Bonchev–Trinajstić information content (AvgIpc) is 2.42. The molecule has 0 rings (SSSR count). The Bertz CT molecular complexity index is 438. The lowest BCUT2D eigenvalue weighted by Crippen LogP contribution is -2.02. The summed E-state index contributed by atoms with van der Waals surface area (Å²) in [5.74, 6) is -0.256. The van der Waals surface area contributed by atoms with E-state index in [-0.39, 0.29) is 5.97 Å². The zero-order chi connectivity index (χ0) is 16.8. The fraction of sp³-hybridized carbons (Fsp3) is 0.579. The number of hydrogen-bond donors (Lipinski definition) is 0. The Kier molecular flexibility index (Phi) is 12.1. The molecule has 124 valence electrons. The maximum Gasteiger partial charge on any atom is 0.302 e. The summed E-state index contributed by atoms with van der Waals surface area (Å²) in [6.07, 6.45) is 12.8. The van der Waals surface area contributed by atoms with Crippen LogP contribution in [-0.2, 0) is 9.53 Å². The molecule has 3 nitrogen and oxygen atoms in total. The summed E-state index contributed by atoms with van der Waals surface area (Å²) in [6.45, 7) is 10.9. The molecule has 0 aliphatic heterocycles. The predicted molar refractivity (Wildman–Crippen MR) is 95.4 cm³/mol. The number of rotatable bonds is 10. The van der Waals surface area contributed by atoms with Crippen LogP contribution in [0.5, 0.6) is 0 Å². The number of allylic oxidation sites excluding steroid dienone is 6. The average molecular weight is 305 g/mol. The number of esters is 1. The Morgan fingerprint density at radius 2 is 1.59 bits per heavy atom. The molecular formula is C19H31NO2. The molecule has 22 heavy (non-hydrogen) atoms. The Morgan fingerprint density at radius 1 is 0.955 bits per heavy atom. The van der Waals surface area contributed by atoms with E-state index in [0.717, 1.165) is 25.7 Å². The molecule has 0 spiro atoms. The number of aliphatic imine (C=N–C) groups is 1. The SMILES string of the molecule is CC(=O)OCCN=C/C=C(\C)CC/C=C(\C)CCC=C(C)C. The van der Waals surface area contributed by atoms with Gasteiger partial charge in [0.1, 0.15) is 6.61 Å². The van der Waals surface area contributed by atoms with E-state index in [2.05, 4.69) is 44.8 Å². The number of hydrogen-bond acceptors (Lipinski definition) is 3. The van der Waals surface area contributed by atoms with Gasteiger partial charge < -0.3 is 4.74 Å². The van der Waals surface area contributed by atoms with Gasteiger partial charge in [0.05, 0.1) is 6.54 Å². The van der Waals surface area contributed by atoms with E-state index in [1.54, 1.807) is 6.21 Å². The molecule has 0 aromatic carbocycles. The van der Waals surface area contributed by atoms with Crippen LogP contribution in [0.1, 0.15) is 60.3 Å². The number of carbonyl (C=O) groups is 1. The summed E-state index contributed by atoms with van der Waals surface area (Å²) in [5.41, 5.74) is 4.16. The molecule has 0 bridgehead atoms. The van der Waals surface area contributed by atoms with Gasteiger partial charge in [0, 0.05) is 13.1 Å². The summed E-state index contributed by atoms with van der Waals surface area (Å²) in [5, 5.41) is 0. The summed E-state index contributed by atoms with van der Waals surface area (Å²) in [4.78, 5) is 14.7. The van der Waals surface area contributed by atoms with Crippen LogP contribution in [0.25, 0.3) is 0 Å². The van der Waals surface area contributed by atoms with E-state index in [9.17, 15) is 4.79 Å². The van der Waals surface area contributed by atoms with Crippen LogP contribution in [-0.4, -0.2) is 25.3 Å². The van der Waals surface area contributed by atoms with Crippen molar-refractivity contribution < 1.29 is 9.53 Å². The van der Waals surface area contributed by atoms with Gasteiger partial charge in [0.2, 0.25) is 0 Å². The van der Waals surface area contributed by atoms with Crippen LogP contribution in [0, 0.1) is 0 Å². The summed E-state index contributed by atoms with van der Waals surface area (Å²) < 4.78 is 4.80. The van der Waals surface area contributed by atoms with Crippen LogP contribution < -0.4 is 0 Å². The quantitative estimate of drug-likeness (QED) is 0.245. The molecule has 0 heterocycles. The fourth-order valence-corrected chi connectivity index (χ4v) is 1.82. The number of carbonyl (C=O) groups excluding carboxylic acids is 1. The largest absolute Gasteiger partial charge is 0.464 e. The highest BCUT2D eigenvalue weighted by atomic mass is 16.5. The van der Waals surface area contributed by atoms with Gasteiger partial charge in [-0.05, 0) is 59.5 Å². The third-order valence-electron chi connectivity index (χ3n) is 3.11. The minimum absolute atomic E-state index is 0.256. The molecule has 0 atom stereocenters. The van der Waals surface area contributed by atoms with E-state index < -0.39 is 0 Å². The van der Waals surface area contributed by atoms with Gasteiger partial charge in [-0.1, -0.05) is 28.9 Å². The molecule has 0 unspecified atom stereocenters. The van der Waals surface area contributed by atoms with Crippen molar-refractivity contribution in [1.82, 2.24) is 0 Å². The molecule has 0 aliphatic carbocycles. The van der Waals surface area contributed by atoms with E-state index in [0.29, 0.717) is 13.2 Å². The number of ether oxygens (including phenoxy) is 1. The highest BCUT2D eigenvalue weighted by Crippen LogP contribution is 2.10. The standard InChI is InChI=1S/C19H31NO2/c1-16(2)8-6-9-17(3)10-7-11-18(4)12-13-20-14-15-22-19(5)21/h8,10,12-13H,6-7,9,11,14-15H2,1-5H3/b17-10+,18-12+,20-13?. The van der Waals surface area contributed by atoms with Crippen molar-refractivity contribution in [1.29, 1.82) is 0 Å². The molecule has 0 aromatic heterocycles. The Labute approximate surface area is 135 Å². The van der Waals surface area contributed by atoms with E-state index in [4.69, 9.17) is 4.74 Å². The van der Waals surface area contributed by atoms with Crippen LogP contribution >= 0.6 is 0 Å². The maximum absolute atomic E-state index is 10.6. The summed E-state index contributed by atoms with van der Waals surface area (Å²) in [7, 11) is 0. The first-order chi connectivity index (χ1) is 10.4. The molecule has 0 radical (unpaired) electrons. The van der Waals surface area contributed by atoms with Gasteiger partial charge in [-0.25, -0.2) is 0 Å². The van der Waals surface area contributed by atoms with Crippen molar-refractivity contribution in [3.05, 3.63) is 34.9 Å². The molecule has 0 saturated heterocycles. The molecular weight excluding hydrogens is 274 g/mol. The predicted octanol–water partition coefficient (Wildman–Crippen LogP) is 5.04. The van der Waals surface area contributed by atoms with Crippen LogP contribution in [0.4, 0.5) is 0 Å². The third kappa shape index (κ3) is 14.8. The lowest BCUT2D eigenvalue weighted by molar-refractivity contribution is -0.140. The Hall–Kier alpha value is -1.64.